The topological polar surface area (TPSA) is 62.4 Å². The van der Waals surface area contributed by atoms with Crippen molar-refractivity contribution in [2.75, 3.05) is 25.6 Å². The number of hydrogen-bond donors (Lipinski definition) is 3. The first-order valence-electron chi connectivity index (χ1n) is 7.59. The molecule has 0 bridgehead atoms. The van der Waals surface area contributed by atoms with Crippen molar-refractivity contribution in [3.63, 3.8) is 0 Å². The Bertz CT molecular complexity index is 602. The highest BCUT2D eigenvalue weighted by atomic mass is 32.1. The number of benzene rings is 1. The Morgan fingerprint density at radius 1 is 1.26 bits per heavy atom. The molecule has 0 fully saturated rings. The summed E-state index contributed by atoms with van der Waals surface area (Å²) in [4.78, 5) is 13.2. The first-order valence-corrected chi connectivity index (χ1v) is 8.47. The number of amides is 2. The van der Waals surface area contributed by atoms with Gasteiger partial charge in [0.25, 0.3) is 0 Å². The Balaban J connectivity index is 1.84. The number of anilines is 1. The summed E-state index contributed by atoms with van der Waals surface area (Å²) in [5, 5.41) is 11.2. The molecule has 1 heterocycles. The molecule has 0 aliphatic carbocycles. The number of para-hydroxylation sites is 1. The van der Waals surface area contributed by atoms with Gasteiger partial charge in [0.1, 0.15) is 0 Å². The molecule has 1 aromatic carbocycles. The maximum absolute atomic E-state index is 12.0. The van der Waals surface area contributed by atoms with Crippen LogP contribution in [-0.2, 0) is 11.3 Å². The summed E-state index contributed by atoms with van der Waals surface area (Å²) in [6.07, 6.45) is 0. The number of methoxy groups -OCH3 is 1. The second-order valence-corrected chi connectivity index (χ2v) is 6.12. The van der Waals surface area contributed by atoms with Crippen molar-refractivity contribution in [2.45, 2.75) is 19.5 Å². The lowest BCUT2D eigenvalue weighted by Crippen LogP contribution is -2.36. The van der Waals surface area contributed by atoms with E-state index in [0.29, 0.717) is 13.2 Å². The zero-order chi connectivity index (χ0) is 16.5. The molecular weight excluding hydrogens is 310 g/mol. The van der Waals surface area contributed by atoms with Gasteiger partial charge in [0.2, 0.25) is 0 Å². The van der Waals surface area contributed by atoms with Crippen molar-refractivity contribution >= 4 is 23.1 Å². The van der Waals surface area contributed by atoms with Crippen molar-refractivity contribution in [2.24, 2.45) is 0 Å². The van der Waals surface area contributed by atoms with Gasteiger partial charge in [0, 0.05) is 30.8 Å². The zero-order valence-electron chi connectivity index (χ0n) is 13.5. The van der Waals surface area contributed by atoms with Crippen LogP contribution >= 0.6 is 11.3 Å². The Kier molecular flexibility index (Phi) is 6.90. The molecule has 2 rings (SSSR count). The molecule has 23 heavy (non-hydrogen) atoms. The van der Waals surface area contributed by atoms with E-state index in [-0.39, 0.29) is 12.1 Å². The number of ether oxygens (including phenoxy) is 1. The molecule has 2 amide bonds. The van der Waals surface area contributed by atoms with E-state index in [1.165, 1.54) is 0 Å². The molecule has 6 heteroatoms. The van der Waals surface area contributed by atoms with E-state index >= 15 is 0 Å². The van der Waals surface area contributed by atoms with E-state index in [2.05, 4.69) is 16.0 Å². The first-order chi connectivity index (χ1) is 11.2. The van der Waals surface area contributed by atoms with E-state index in [1.54, 1.807) is 18.4 Å². The minimum Gasteiger partial charge on any atom is -0.383 e. The number of urea groups is 1. The smallest absolute Gasteiger partial charge is 0.315 e. The van der Waals surface area contributed by atoms with Crippen LogP contribution in [0.5, 0.6) is 0 Å². The first kappa shape index (κ1) is 17.3. The molecule has 0 spiro atoms. The molecule has 0 radical (unpaired) electrons. The van der Waals surface area contributed by atoms with Crippen LogP contribution in [0.3, 0.4) is 0 Å². The van der Waals surface area contributed by atoms with Crippen LogP contribution in [0.15, 0.2) is 41.8 Å². The normalized spacial score (nSPS) is 11.7. The van der Waals surface area contributed by atoms with Crippen LogP contribution < -0.4 is 16.0 Å². The predicted molar refractivity (Wildman–Crippen MR) is 94.9 cm³/mol. The van der Waals surface area contributed by atoms with E-state index in [9.17, 15) is 4.79 Å². The number of hydrogen-bond acceptors (Lipinski definition) is 4. The number of carbonyl (C=O) groups excluding carboxylic acids is 1. The standard InChI is InChI=1S/C17H23N3O2S/c1-13(16-8-5-11-23-16)20-17(21)19-12-14-6-3-4-7-15(14)18-9-10-22-2/h3-8,11,13,18H,9-10,12H2,1-2H3,(H2,19,20,21). The maximum atomic E-state index is 12.0. The summed E-state index contributed by atoms with van der Waals surface area (Å²) in [7, 11) is 1.67. The molecule has 1 unspecified atom stereocenters. The Morgan fingerprint density at radius 3 is 2.83 bits per heavy atom. The molecule has 0 aliphatic heterocycles. The minimum atomic E-state index is -0.169. The maximum Gasteiger partial charge on any atom is 0.315 e. The summed E-state index contributed by atoms with van der Waals surface area (Å²) in [6.45, 7) is 3.82. The minimum absolute atomic E-state index is 0.00470. The number of nitrogens with one attached hydrogen (secondary N) is 3. The van der Waals surface area contributed by atoms with Gasteiger partial charge in [-0.3, -0.25) is 0 Å². The van der Waals surface area contributed by atoms with E-state index < -0.39 is 0 Å². The predicted octanol–water partition coefficient (Wildman–Crippen LogP) is 3.37. The average Bonchev–Trinajstić information content (AvgIpc) is 3.09. The Labute approximate surface area is 141 Å². The van der Waals surface area contributed by atoms with Crippen molar-refractivity contribution in [1.82, 2.24) is 10.6 Å². The van der Waals surface area contributed by atoms with Crippen LogP contribution in [0.1, 0.15) is 23.4 Å². The monoisotopic (exact) mass is 333 g/mol. The highest BCUT2D eigenvalue weighted by Crippen LogP contribution is 2.18. The van der Waals surface area contributed by atoms with Crippen LogP contribution in [0.4, 0.5) is 10.5 Å². The quantitative estimate of drug-likeness (QED) is 0.649. The zero-order valence-corrected chi connectivity index (χ0v) is 14.3. The van der Waals surface area contributed by atoms with Crippen LogP contribution in [0, 0.1) is 0 Å². The fourth-order valence-electron chi connectivity index (χ4n) is 2.17. The summed E-state index contributed by atoms with van der Waals surface area (Å²) >= 11 is 1.64. The molecule has 1 aromatic heterocycles. The Hall–Kier alpha value is -2.05. The molecule has 1 atom stereocenters. The summed E-state index contributed by atoms with van der Waals surface area (Å²) in [5.74, 6) is 0. The number of carbonyl (C=O) groups is 1. The van der Waals surface area contributed by atoms with E-state index in [4.69, 9.17) is 4.74 Å². The van der Waals surface area contributed by atoms with Crippen molar-refractivity contribution in [3.05, 3.63) is 52.2 Å². The van der Waals surface area contributed by atoms with Gasteiger partial charge in [-0.15, -0.1) is 11.3 Å². The molecule has 0 saturated carbocycles. The molecule has 3 N–H and O–H groups in total. The van der Waals surface area contributed by atoms with Gasteiger partial charge in [-0.2, -0.15) is 0 Å². The third kappa shape index (κ3) is 5.58. The fourth-order valence-corrected chi connectivity index (χ4v) is 2.90. The van der Waals surface area contributed by atoms with E-state index in [1.807, 2.05) is 48.7 Å². The SMILES string of the molecule is COCCNc1ccccc1CNC(=O)NC(C)c1cccs1. The molecule has 0 saturated heterocycles. The summed E-state index contributed by atoms with van der Waals surface area (Å²) < 4.78 is 5.04. The summed E-state index contributed by atoms with van der Waals surface area (Å²) in [6, 6.07) is 11.8. The number of rotatable bonds is 8. The van der Waals surface area contributed by atoms with Crippen molar-refractivity contribution in [1.29, 1.82) is 0 Å². The number of thiophene rings is 1. The fraction of sp³-hybridized carbons (Fsp3) is 0.353. The van der Waals surface area contributed by atoms with Gasteiger partial charge in [-0.05, 0) is 30.0 Å². The highest BCUT2D eigenvalue weighted by molar-refractivity contribution is 7.10. The van der Waals surface area contributed by atoms with Crippen LogP contribution in [0.2, 0.25) is 0 Å². The van der Waals surface area contributed by atoms with Gasteiger partial charge >= 0.3 is 6.03 Å². The lowest BCUT2D eigenvalue weighted by molar-refractivity contribution is 0.210. The average molecular weight is 333 g/mol. The van der Waals surface area contributed by atoms with Gasteiger partial charge in [0.15, 0.2) is 0 Å². The molecule has 2 aromatic rings. The van der Waals surface area contributed by atoms with Gasteiger partial charge < -0.3 is 20.7 Å². The third-order valence-corrected chi connectivity index (χ3v) is 4.45. The lowest BCUT2D eigenvalue weighted by Gasteiger charge is -2.15. The van der Waals surface area contributed by atoms with Crippen molar-refractivity contribution in [3.8, 4) is 0 Å². The van der Waals surface area contributed by atoms with Crippen LogP contribution in [0.25, 0.3) is 0 Å². The second-order valence-electron chi connectivity index (χ2n) is 5.14. The Morgan fingerprint density at radius 2 is 2.09 bits per heavy atom. The van der Waals surface area contributed by atoms with Gasteiger partial charge in [0.05, 0.1) is 12.6 Å². The molecule has 124 valence electrons. The van der Waals surface area contributed by atoms with Crippen LogP contribution in [-0.4, -0.2) is 26.3 Å². The summed E-state index contributed by atoms with van der Waals surface area (Å²) in [5.41, 5.74) is 2.05. The van der Waals surface area contributed by atoms with Gasteiger partial charge in [-0.1, -0.05) is 24.3 Å². The third-order valence-electron chi connectivity index (χ3n) is 3.40. The van der Waals surface area contributed by atoms with Crippen molar-refractivity contribution < 1.29 is 9.53 Å². The largest absolute Gasteiger partial charge is 0.383 e. The van der Waals surface area contributed by atoms with Gasteiger partial charge in [-0.25, -0.2) is 4.79 Å². The molecule has 5 nitrogen and oxygen atoms in total. The molecule has 0 aliphatic rings. The molecular formula is C17H23N3O2S. The second kappa shape index (κ2) is 9.17. The lowest BCUT2D eigenvalue weighted by atomic mass is 10.1. The van der Waals surface area contributed by atoms with E-state index in [0.717, 1.165) is 22.7 Å². The highest BCUT2D eigenvalue weighted by Gasteiger charge is 2.10.